The van der Waals surface area contributed by atoms with Crippen LogP contribution in [0.25, 0.3) is 0 Å². The highest BCUT2D eigenvalue weighted by Crippen LogP contribution is 2.23. The summed E-state index contributed by atoms with van der Waals surface area (Å²) in [4.78, 5) is 2.35. The minimum Gasteiger partial charge on any atom is -0.371 e. The SMILES string of the molecule is CC1CCN(c2cccc(C#N)c2)C1. The predicted molar refractivity (Wildman–Crippen MR) is 57.2 cm³/mol. The molecule has 0 spiro atoms. The Hall–Kier alpha value is -1.49. The maximum Gasteiger partial charge on any atom is 0.0992 e. The minimum absolute atomic E-state index is 0.752. The highest BCUT2D eigenvalue weighted by atomic mass is 15.1. The van der Waals surface area contributed by atoms with E-state index in [2.05, 4.69) is 24.0 Å². The molecule has 0 saturated carbocycles. The molecule has 1 aromatic rings. The fraction of sp³-hybridized carbons (Fsp3) is 0.417. The van der Waals surface area contributed by atoms with Crippen molar-refractivity contribution in [3.8, 4) is 6.07 Å². The summed E-state index contributed by atoms with van der Waals surface area (Å²) in [6, 6.07) is 10.0. The van der Waals surface area contributed by atoms with Crippen LogP contribution in [0.3, 0.4) is 0 Å². The highest BCUT2D eigenvalue weighted by molar-refractivity contribution is 5.52. The largest absolute Gasteiger partial charge is 0.371 e. The molecule has 2 nitrogen and oxygen atoms in total. The summed E-state index contributed by atoms with van der Waals surface area (Å²) in [5.41, 5.74) is 1.94. The molecule has 0 aromatic heterocycles. The molecule has 72 valence electrons. The van der Waals surface area contributed by atoms with Crippen LogP contribution in [0.1, 0.15) is 18.9 Å². The van der Waals surface area contributed by atoms with Crippen LogP contribution in [0, 0.1) is 17.2 Å². The van der Waals surface area contributed by atoms with E-state index in [4.69, 9.17) is 5.26 Å². The third-order valence-corrected chi connectivity index (χ3v) is 2.76. The third-order valence-electron chi connectivity index (χ3n) is 2.76. The van der Waals surface area contributed by atoms with Crippen LogP contribution in [-0.2, 0) is 0 Å². The molecule has 14 heavy (non-hydrogen) atoms. The van der Waals surface area contributed by atoms with Crippen molar-refractivity contribution in [2.75, 3.05) is 18.0 Å². The first-order valence-electron chi connectivity index (χ1n) is 5.04. The molecule has 1 aliphatic heterocycles. The molecule has 1 atom stereocenters. The second-order valence-corrected chi connectivity index (χ2v) is 4.00. The molecule has 0 N–H and O–H groups in total. The Bertz CT molecular complexity index is 365. The molecule has 1 fully saturated rings. The Kier molecular flexibility index (Phi) is 2.41. The van der Waals surface area contributed by atoms with Crippen LogP contribution < -0.4 is 4.90 Å². The maximum absolute atomic E-state index is 8.79. The van der Waals surface area contributed by atoms with E-state index in [9.17, 15) is 0 Å². The molecular formula is C12H14N2. The van der Waals surface area contributed by atoms with Gasteiger partial charge in [-0.1, -0.05) is 13.0 Å². The molecule has 2 rings (SSSR count). The Morgan fingerprint density at radius 1 is 1.50 bits per heavy atom. The molecule has 1 saturated heterocycles. The van der Waals surface area contributed by atoms with Crippen LogP contribution in [0.15, 0.2) is 24.3 Å². The van der Waals surface area contributed by atoms with Crippen molar-refractivity contribution >= 4 is 5.69 Å². The summed E-state index contributed by atoms with van der Waals surface area (Å²) in [6.45, 7) is 4.51. The van der Waals surface area contributed by atoms with Crippen molar-refractivity contribution in [1.82, 2.24) is 0 Å². The summed E-state index contributed by atoms with van der Waals surface area (Å²) in [5, 5.41) is 8.79. The minimum atomic E-state index is 0.752. The number of nitrogens with zero attached hydrogens (tertiary/aromatic N) is 2. The predicted octanol–water partition coefficient (Wildman–Crippen LogP) is 2.40. The molecule has 1 heterocycles. The normalized spacial score (nSPS) is 20.9. The molecule has 0 amide bonds. The molecule has 0 radical (unpaired) electrons. The Balaban J connectivity index is 2.20. The maximum atomic E-state index is 8.79. The van der Waals surface area contributed by atoms with E-state index >= 15 is 0 Å². The van der Waals surface area contributed by atoms with E-state index in [1.807, 2.05) is 18.2 Å². The average molecular weight is 186 g/mol. The van der Waals surface area contributed by atoms with Crippen molar-refractivity contribution in [3.63, 3.8) is 0 Å². The van der Waals surface area contributed by atoms with Gasteiger partial charge in [0.15, 0.2) is 0 Å². The van der Waals surface area contributed by atoms with Gasteiger partial charge < -0.3 is 4.90 Å². The molecule has 1 aromatic carbocycles. The van der Waals surface area contributed by atoms with E-state index in [0.29, 0.717) is 0 Å². The van der Waals surface area contributed by atoms with E-state index < -0.39 is 0 Å². The first-order valence-corrected chi connectivity index (χ1v) is 5.04. The molecular weight excluding hydrogens is 172 g/mol. The summed E-state index contributed by atoms with van der Waals surface area (Å²) < 4.78 is 0. The zero-order valence-corrected chi connectivity index (χ0v) is 8.40. The van der Waals surface area contributed by atoms with Gasteiger partial charge in [0.25, 0.3) is 0 Å². The quantitative estimate of drug-likeness (QED) is 0.673. The molecule has 1 unspecified atom stereocenters. The van der Waals surface area contributed by atoms with E-state index in [0.717, 1.165) is 24.6 Å². The summed E-state index contributed by atoms with van der Waals surface area (Å²) in [6.07, 6.45) is 1.26. The van der Waals surface area contributed by atoms with E-state index in [1.54, 1.807) is 0 Å². The third kappa shape index (κ3) is 1.72. The van der Waals surface area contributed by atoms with E-state index in [1.165, 1.54) is 12.1 Å². The van der Waals surface area contributed by atoms with Gasteiger partial charge in [0.2, 0.25) is 0 Å². The topological polar surface area (TPSA) is 27.0 Å². The molecule has 0 bridgehead atoms. The summed E-state index contributed by atoms with van der Waals surface area (Å²) >= 11 is 0. The second kappa shape index (κ2) is 3.71. The van der Waals surface area contributed by atoms with Gasteiger partial charge in [0, 0.05) is 18.8 Å². The lowest BCUT2D eigenvalue weighted by atomic mass is 10.2. The highest BCUT2D eigenvalue weighted by Gasteiger charge is 2.18. The van der Waals surface area contributed by atoms with Gasteiger partial charge >= 0.3 is 0 Å². The Labute approximate surface area is 84.8 Å². The standard InChI is InChI=1S/C12H14N2/c1-10-5-6-14(9-10)12-4-2-3-11(7-12)8-13/h2-4,7,10H,5-6,9H2,1H3. The van der Waals surface area contributed by atoms with Crippen LogP contribution in [0.5, 0.6) is 0 Å². The van der Waals surface area contributed by atoms with Gasteiger partial charge in [-0.05, 0) is 30.5 Å². The molecule has 2 heteroatoms. The number of benzene rings is 1. The zero-order valence-electron chi connectivity index (χ0n) is 8.40. The van der Waals surface area contributed by atoms with Gasteiger partial charge in [-0.2, -0.15) is 5.26 Å². The number of anilines is 1. The van der Waals surface area contributed by atoms with Gasteiger partial charge in [-0.15, -0.1) is 0 Å². The molecule has 1 aliphatic rings. The fourth-order valence-corrected chi connectivity index (χ4v) is 1.94. The van der Waals surface area contributed by atoms with Crippen molar-refractivity contribution in [3.05, 3.63) is 29.8 Å². The number of rotatable bonds is 1. The Morgan fingerprint density at radius 3 is 3.00 bits per heavy atom. The van der Waals surface area contributed by atoms with Crippen molar-refractivity contribution in [2.45, 2.75) is 13.3 Å². The van der Waals surface area contributed by atoms with Gasteiger partial charge in [0.05, 0.1) is 11.6 Å². The number of hydrogen-bond donors (Lipinski definition) is 0. The van der Waals surface area contributed by atoms with Gasteiger partial charge in [0.1, 0.15) is 0 Å². The second-order valence-electron chi connectivity index (χ2n) is 4.00. The summed E-state index contributed by atoms with van der Waals surface area (Å²) in [7, 11) is 0. The first kappa shape index (κ1) is 9.08. The average Bonchev–Trinajstić information content (AvgIpc) is 2.65. The lowest BCUT2D eigenvalue weighted by molar-refractivity contribution is 0.659. The Morgan fingerprint density at radius 2 is 2.36 bits per heavy atom. The first-order chi connectivity index (χ1) is 6.79. The van der Waals surface area contributed by atoms with Gasteiger partial charge in [-0.25, -0.2) is 0 Å². The monoisotopic (exact) mass is 186 g/mol. The summed E-state index contributed by atoms with van der Waals surface area (Å²) in [5.74, 6) is 0.778. The van der Waals surface area contributed by atoms with Crippen LogP contribution in [0.2, 0.25) is 0 Å². The number of hydrogen-bond acceptors (Lipinski definition) is 2. The van der Waals surface area contributed by atoms with Crippen molar-refractivity contribution < 1.29 is 0 Å². The smallest absolute Gasteiger partial charge is 0.0992 e. The zero-order chi connectivity index (χ0) is 9.97. The fourth-order valence-electron chi connectivity index (χ4n) is 1.94. The van der Waals surface area contributed by atoms with Crippen molar-refractivity contribution in [1.29, 1.82) is 5.26 Å². The molecule has 0 aliphatic carbocycles. The van der Waals surface area contributed by atoms with E-state index in [-0.39, 0.29) is 0 Å². The number of nitriles is 1. The van der Waals surface area contributed by atoms with Gasteiger partial charge in [-0.3, -0.25) is 0 Å². The van der Waals surface area contributed by atoms with Crippen LogP contribution in [0.4, 0.5) is 5.69 Å². The van der Waals surface area contributed by atoms with Crippen LogP contribution in [-0.4, -0.2) is 13.1 Å². The van der Waals surface area contributed by atoms with Crippen molar-refractivity contribution in [2.24, 2.45) is 5.92 Å². The lowest BCUT2D eigenvalue weighted by Gasteiger charge is -2.17. The lowest BCUT2D eigenvalue weighted by Crippen LogP contribution is -2.18. The van der Waals surface area contributed by atoms with Crippen LogP contribution >= 0.6 is 0 Å².